The van der Waals surface area contributed by atoms with Gasteiger partial charge in [0, 0.05) is 36.5 Å². The van der Waals surface area contributed by atoms with Crippen LogP contribution in [0.4, 0.5) is 19.0 Å². The lowest BCUT2D eigenvalue weighted by Gasteiger charge is -2.24. The van der Waals surface area contributed by atoms with Crippen LogP contribution >= 0.6 is 11.3 Å². The minimum atomic E-state index is -4.23. The van der Waals surface area contributed by atoms with E-state index < -0.39 is 12.6 Å². The molecule has 2 fully saturated rings. The molecule has 5 nitrogen and oxygen atoms in total. The molecule has 0 aromatic carbocycles. The van der Waals surface area contributed by atoms with Gasteiger partial charge in [0.2, 0.25) is 6.41 Å². The monoisotopic (exact) mass is 370 g/mol. The van der Waals surface area contributed by atoms with Gasteiger partial charge in [-0.05, 0) is 18.9 Å². The quantitative estimate of drug-likeness (QED) is 0.780. The third-order valence-corrected chi connectivity index (χ3v) is 6.13. The maximum Gasteiger partial charge on any atom is 0.393 e. The summed E-state index contributed by atoms with van der Waals surface area (Å²) in [5.41, 5.74) is 0.0724. The fourth-order valence-corrected chi connectivity index (χ4v) is 4.96. The lowest BCUT2D eigenvalue weighted by Crippen LogP contribution is -2.30. The van der Waals surface area contributed by atoms with E-state index in [0.29, 0.717) is 16.0 Å². The molecule has 1 spiro atoms. The summed E-state index contributed by atoms with van der Waals surface area (Å²) < 4.78 is 38.0. The van der Waals surface area contributed by atoms with Crippen LogP contribution in [0.5, 0.6) is 0 Å². The number of carbonyl (C=O) groups excluding carboxylic acids is 1. The van der Waals surface area contributed by atoms with Crippen molar-refractivity contribution in [3.05, 3.63) is 17.3 Å². The maximum atomic E-state index is 12.7. The predicted molar refractivity (Wildman–Crippen MR) is 88.7 cm³/mol. The molecule has 0 N–H and O–H groups in total. The first-order chi connectivity index (χ1) is 11.9. The Morgan fingerprint density at radius 2 is 2.04 bits per heavy atom. The SMILES string of the molecule is O=CN1CCC2(CCN(c3ncnc4sc(CC(F)(F)F)cc34)C2)C1. The van der Waals surface area contributed by atoms with Crippen molar-refractivity contribution in [3.8, 4) is 0 Å². The molecule has 1 amide bonds. The molecule has 1 unspecified atom stereocenters. The summed E-state index contributed by atoms with van der Waals surface area (Å²) in [5, 5.41) is 0.689. The standard InChI is InChI=1S/C16H17F3N4OS/c17-16(18,19)6-11-5-12-13(20-9-21-14(12)25-11)23-4-2-15(8-23)1-3-22(7-15)10-24/h5,9-10H,1-4,6-8H2. The summed E-state index contributed by atoms with van der Waals surface area (Å²) in [6.45, 7) is 3.08. The van der Waals surface area contributed by atoms with Crippen molar-refractivity contribution < 1.29 is 18.0 Å². The van der Waals surface area contributed by atoms with E-state index in [2.05, 4.69) is 14.9 Å². The molecule has 2 aliphatic heterocycles. The van der Waals surface area contributed by atoms with Crippen LogP contribution < -0.4 is 4.90 Å². The number of halogens is 3. The summed E-state index contributed by atoms with van der Waals surface area (Å²) in [4.78, 5) is 24.2. The highest BCUT2D eigenvalue weighted by Crippen LogP contribution is 2.42. The smallest absolute Gasteiger partial charge is 0.355 e. The molecule has 2 aromatic rings. The Bertz CT molecular complexity index is 808. The molecule has 0 bridgehead atoms. The molecule has 4 heterocycles. The van der Waals surface area contributed by atoms with Crippen molar-refractivity contribution in [2.75, 3.05) is 31.1 Å². The molecule has 0 saturated carbocycles. The zero-order valence-corrected chi connectivity index (χ0v) is 14.2. The van der Waals surface area contributed by atoms with Gasteiger partial charge < -0.3 is 9.80 Å². The van der Waals surface area contributed by atoms with Gasteiger partial charge in [-0.1, -0.05) is 0 Å². The van der Waals surface area contributed by atoms with Crippen LogP contribution in [0.2, 0.25) is 0 Å². The number of fused-ring (bicyclic) bond motifs is 1. The third-order valence-electron chi connectivity index (χ3n) is 5.09. The number of rotatable bonds is 3. The van der Waals surface area contributed by atoms with Crippen LogP contribution in [-0.2, 0) is 11.2 Å². The van der Waals surface area contributed by atoms with Crippen molar-refractivity contribution in [3.63, 3.8) is 0 Å². The zero-order valence-electron chi connectivity index (χ0n) is 13.4. The number of carbonyl (C=O) groups is 1. The van der Waals surface area contributed by atoms with Gasteiger partial charge >= 0.3 is 6.18 Å². The van der Waals surface area contributed by atoms with Crippen molar-refractivity contribution in [1.29, 1.82) is 0 Å². The molecule has 25 heavy (non-hydrogen) atoms. The lowest BCUT2D eigenvalue weighted by molar-refractivity contribution is -0.126. The van der Waals surface area contributed by atoms with Gasteiger partial charge in [0.1, 0.15) is 17.0 Å². The first-order valence-corrected chi connectivity index (χ1v) is 8.94. The Hall–Kier alpha value is -1.90. The molecule has 1 atom stereocenters. The van der Waals surface area contributed by atoms with Gasteiger partial charge in [-0.15, -0.1) is 11.3 Å². The Kier molecular flexibility index (Phi) is 3.86. The highest BCUT2D eigenvalue weighted by Gasteiger charge is 2.44. The topological polar surface area (TPSA) is 49.3 Å². The fraction of sp³-hybridized carbons (Fsp3) is 0.562. The molecule has 2 aromatic heterocycles. The lowest BCUT2D eigenvalue weighted by atomic mass is 9.86. The number of hydrogen-bond acceptors (Lipinski definition) is 5. The number of hydrogen-bond donors (Lipinski definition) is 0. The molecule has 9 heteroatoms. The Morgan fingerprint density at radius 1 is 1.24 bits per heavy atom. The minimum absolute atomic E-state index is 0.0724. The minimum Gasteiger partial charge on any atom is -0.355 e. The predicted octanol–water partition coefficient (Wildman–Crippen LogP) is 2.85. The average molecular weight is 370 g/mol. The first-order valence-electron chi connectivity index (χ1n) is 8.12. The van der Waals surface area contributed by atoms with Crippen molar-refractivity contribution in [1.82, 2.24) is 14.9 Å². The highest BCUT2D eigenvalue weighted by molar-refractivity contribution is 7.18. The summed E-state index contributed by atoms with van der Waals surface area (Å²) in [6, 6.07) is 1.57. The molecule has 2 saturated heterocycles. The molecule has 2 aliphatic rings. The molecule has 4 rings (SSSR count). The van der Waals surface area contributed by atoms with E-state index in [1.165, 1.54) is 6.33 Å². The van der Waals surface area contributed by atoms with Gasteiger partial charge in [-0.25, -0.2) is 9.97 Å². The second-order valence-corrected chi connectivity index (χ2v) is 8.03. The molecule has 134 valence electrons. The van der Waals surface area contributed by atoms with Gasteiger partial charge in [0.25, 0.3) is 0 Å². The number of alkyl halides is 3. The van der Waals surface area contributed by atoms with E-state index in [1.807, 2.05) is 0 Å². The van der Waals surface area contributed by atoms with Crippen LogP contribution in [0.15, 0.2) is 12.4 Å². The number of aromatic nitrogens is 2. The van der Waals surface area contributed by atoms with E-state index in [-0.39, 0.29) is 10.3 Å². The Morgan fingerprint density at radius 3 is 2.76 bits per heavy atom. The first kappa shape index (κ1) is 16.6. The second-order valence-electron chi connectivity index (χ2n) is 6.92. The molecular formula is C16H17F3N4OS. The largest absolute Gasteiger partial charge is 0.393 e. The van der Waals surface area contributed by atoms with E-state index in [0.717, 1.165) is 56.8 Å². The van der Waals surface area contributed by atoms with Crippen molar-refractivity contribution >= 4 is 33.8 Å². The summed E-state index contributed by atoms with van der Waals surface area (Å²) in [7, 11) is 0. The van der Waals surface area contributed by atoms with Crippen LogP contribution in [0.1, 0.15) is 17.7 Å². The van der Waals surface area contributed by atoms with Gasteiger partial charge in [0.05, 0.1) is 11.8 Å². The average Bonchev–Trinajstić information content (AvgIpc) is 3.24. The molecular weight excluding hydrogens is 353 g/mol. The maximum absolute atomic E-state index is 12.7. The van der Waals surface area contributed by atoms with Crippen LogP contribution in [0.25, 0.3) is 10.2 Å². The van der Waals surface area contributed by atoms with Gasteiger partial charge in [-0.2, -0.15) is 13.2 Å². The number of thiophene rings is 1. The van der Waals surface area contributed by atoms with Crippen LogP contribution in [0, 0.1) is 5.41 Å². The summed E-state index contributed by atoms with van der Waals surface area (Å²) >= 11 is 1.07. The summed E-state index contributed by atoms with van der Waals surface area (Å²) in [6.07, 6.45) is -0.937. The van der Waals surface area contributed by atoms with E-state index in [1.54, 1.807) is 11.0 Å². The van der Waals surface area contributed by atoms with Gasteiger partial charge in [0.15, 0.2) is 0 Å². The van der Waals surface area contributed by atoms with E-state index >= 15 is 0 Å². The zero-order chi connectivity index (χ0) is 17.7. The molecule has 0 aliphatic carbocycles. The van der Waals surface area contributed by atoms with Gasteiger partial charge in [-0.3, -0.25) is 4.79 Å². The number of anilines is 1. The highest BCUT2D eigenvalue weighted by atomic mass is 32.1. The summed E-state index contributed by atoms with van der Waals surface area (Å²) in [5.74, 6) is 0.705. The van der Waals surface area contributed by atoms with Crippen molar-refractivity contribution in [2.45, 2.75) is 25.4 Å². The van der Waals surface area contributed by atoms with Crippen LogP contribution in [-0.4, -0.2) is 53.6 Å². The Balaban J connectivity index is 1.60. The number of likely N-dealkylation sites (tertiary alicyclic amines) is 1. The number of nitrogens with zero attached hydrogens (tertiary/aromatic N) is 4. The molecule has 0 radical (unpaired) electrons. The number of amides is 1. The fourth-order valence-electron chi connectivity index (χ4n) is 3.94. The van der Waals surface area contributed by atoms with E-state index in [9.17, 15) is 18.0 Å². The van der Waals surface area contributed by atoms with Crippen molar-refractivity contribution in [2.24, 2.45) is 5.41 Å². The van der Waals surface area contributed by atoms with Crippen LogP contribution in [0.3, 0.4) is 0 Å². The van der Waals surface area contributed by atoms with E-state index in [4.69, 9.17) is 0 Å². The second kappa shape index (κ2) is 5.82. The Labute approximate surface area is 146 Å². The normalized spacial score (nSPS) is 24.0. The third kappa shape index (κ3) is 3.17.